The van der Waals surface area contributed by atoms with Crippen molar-refractivity contribution in [2.45, 2.75) is 18.9 Å². The van der Waals surface area contributed by atoms with E-state index in [-0.39, 0.29) is 24.4 Å². The largest absolute Gasteiger partial charge is 0.493 e. The van der Waals surface area contributed by atoms with Crippen LogP contribution in [0.25, 0.3) is 0 Å². The van der Waals surface area contributed by atoms with E-state index in [1.54, 1.807) is 32.4 Å². The molecule has 3 atom stereocenters. The zero-order valence-electron chi connectivity index (χ0n) is 13.0. The molecule has 6 heteroatoms. The Hall–Kier alpha value is -1.46. The third-order valence-electron chi connectivity index (χ3n) is 4.83. The Morgan fingerprint density at radius 2 is 1.91 bits per heavy atom. The van der Waals surface area contributed by atoms with Gasteiger partial charge in [-0.05, 0) is 42.9 Å². The van der Waals surface area contributed by atoms with E-state index in [0.717, 1.165) is 25.9 Å². The Morgan fingerprint density at radius 1 is 1.18 bits per heavy atom. The maximum absolute atomic E-state index is 12.6. The molecule has 0 radical (unpaired) electrons. The third-order valence-corrected chi connectivity index (χ3v) is 4.83. The van der Waals surface area contributed by atoms with Crippen LogP contribution in [0, 0.1) is 11.8 Å². The first-order valence-corrected chi connectivity index (χ1v) is 7.41. The highest BCUT2D eigenvalue weighted by molar-refractivity contribution is 5.95. The highest BCUT2D eigenvalue weighted by Crippen LogP contribution is 2.38. The summed E-state index contributed by atoms with van der Waals surface area (Å²) in [6.07, 6.45) is 2.23. The number of fused-ring (bicyclic) bond motifs is 1. The fourth-order valence-corrected chi connectivity index (χ4v) is 3.63. The molecule has 0 aromatic heterocycles. The van der Waals surface area contributed by atoms with E-state index >= 15 is 0 Å². The second kappa shape index (κ2) is 6.75. The van der Waals surface area contributed by atoms with Gasteiger partial charge in [-0.1, -0.05) is 0 Å². The van der Waals surface area contributed by atoms with E-state index in [0.29, 0.717) is 28.9 Å². The number of carbonyl (C=O) groups is 1. The lowest BCUT2D eigenvalue weighted by Crippen LogP contribution is -2.33. The van der Waals surface area contributed by atoms with Crippen LogP contribution in [0.2, 0.25) is 0 Å². The number of likely N-dealkylation sites (tertiary alicyclic amines) is 1. The molecule has 1 saturated carbocycles. The van der Waals surface area contributed by atoms with Crippen molar-refractivity contribution >= 4 is 18.3 Å². The molecule has 2 N–H and O–H groups in total. The van der Waals surface area contributed by atoms with Crippen LogP contribution in [0.5, 0.6) is 11.5 Å². The maximum Gasteiger partial charge on any atom is 0.254 e. The van der Waals surface area contributed by atoms with Gasteiger partial charge in [0.05, 0.1) is 14.2 Å². The van der Waals surface area contributed by atoms with Crippen LogP contribution in [-0.4, -0.2) is 44.2 Å². The second-order valence-corrected chi connectivity index (χ2v) is 5.95. The van der Waals surface area contributed by atoms with Crippen molar-refractivity contribution in [3.63, 3.8) is 0 Å². The molecule has 1 aliphatic heterocycles. The molecule has 0 bridgehead atoms. The van der Waals surface area contributed by atoms with Gasteiger partial charge in [0.15, 0.2) is 11.5 Å². The van der Waals surface area contributed by atoms with E-state index in [1.807, 2.05) is 4.90 Å². The normalized spacial score (nSPS) is 26.3. The average Bonchev–Trinajstić information content (AvgIpc) is 3.08. The summed E-state index contributed by atoms with van der Waals surface area (Å²) < 4.78 is 10.5. The first-order chi connectivity index (χ1) is 10.1. The zero-order valence-corrected chi connectivity index (χ0v) is 13.8. The molecule has 5 nitrogen and oxygen atoms in total. The predicted molar refractivity (Wildman–Crippen MR) is 86.9 cm³/mol. The quantitative estimate of drug-likeness (QED) is 0.922. The molecule has 122 valence electrons. The van der Waals surface area contributed by atoms with Crippen LogP contribution in [-0.2, 0) is 0 Å². The molecule has 1 aliphatic carbocycles. The van der Waals surface area contributed by atoms with Gasteiger partial charge >= 0.3 is 0 Å². The molecule has 3 unspecified atom stereocenters. The molecule has 1 amide bonds. The lowest BCUT2D eigenvalue weighted by atomic mass is 9.98. The highest BCUT2D eigenvalue weighted by Gasteiger charge is 2.42. The van der Waals surface area contributed by atoms with Gasteiger partial charge in [-0.25, -0.2) is 0 Å². The fraction of sp³-hybridized carbons (Fsp3) is 0.562. The van der Waals surface area contributed by atoms with Crippen LogP contribution < -0.4 is 15.2 Å². The average molecular weight is 327 g/mol. The van der Waals surface area contributed by atoms with Crippen molar-refractivity contribution in [1.29, 1.82) is 0 Å². The van der Waals surface area contributed by atoms with Crippen LogP contribution >= 0.6 is 12.4 Å². The van der Waals surface area contributed by atoms with Crippen molar-refractivity contribution in [2.75, 3.05) is 27.3 Å². The second-order valence-electron chi connectivity index (χ2n) is 5.95. The number of rotatable bonds is 3. The summed E-state index contributed by atoms with van der Waals surface area (Å²) in [6, 6.07) is 5.56. The number of hydrogen-bond donors (Lipinski definition) is 1. The monoisotopic (exact) mass is 326 g/mol. The molecule has 2 fully saturated rings. The molecule has 1 aromatic carbocycles. The van der Waals surface area contributed by atoms with Gasteiger partial charge in [0.2, 0.25) is 0 Å². The van der Waals surface area contributed by atoms with Crippen LogP contribution in [0.15, 0.2) is 18.2 Å². The number of ether oxygens (including phenoxy) is 2. The number of hydrogen-bond acceptors (Lipinski definition) is 4. The van der Waals surface area contributed by atoms with Crippen molar-refractivity contribution in [1.82, 2.24) is 4.90 Å². The Labute approximate surface area is 137 Å². The molecule has 0 spiro atoms. The molecular weight excluding hydrogens is 304 g/mol. The summed E-state index contributed by atoms with van der Waals surface area (Å²) in [6.45, 7) is 1.60. The first-order valence-electron chi connectivity index (χ1n) is 7.41. The lowest BCUT2D eigenvalue weighted by molar-refractivity contribution is 0.0779. The Morgan fingerprint density at radius 3 is 2.55 bits per heavy atom. The molecule has 1 saturated heterocycles. The lowest BCUT2D eigenvalue weighted by Gasteiger charge is -2.19. The van der Waals surface area contributed by atoms with Gasteiger partial charge in [0.25, 0.3) is 5.91 Å². The number of halogens is 1. The zero-order chi connectivity index (χ0) is 15.0. The topological polar surface area (TPSA) is 64.8 Å². The standard InChI is InChI=1S/C16H22N2O3.ClH/c1-20-14-6-4-10(7-15(14)21-2)16(19)18-8-11-3-5-13(17)12(11)9-18;/h4,6-7,11-13H,3,5,8-9,17H2,1-2H3;1H. The summed E-state index contributed by atoms with van der Waals surface area (Å²) in [5.74, 6) is 2.31. The summed E-state index contributed by atoms with van der Waals surface area (Å²) >= 11 is 0. The number of benzene rings is 1. The summed E-state index contributed by atoms with van der Waals surface area (Å²) in [5, 5.41) is 0. The molecule has 3 rings (SSSR count). The molecule has 2 aliphatic rings. The van der Waals surface area contributed by atoms with Crippen molar-refractivity contribution in [3.05, 3.63) is 23.8 Å². The third kappa shape index (κ3) is 2.88. The number of methoxy groups -OCH3 is 2. The van der Waals surface area contributed by atoms with Gasteiger partial charge in [-0.2, -0.15) is 0 Å². The van der Waals surface area contributed by atoms with Crippen molar-refractivity contribution in [3.8, 4) is 11.5 Å². The van der Waals surface area contributed by atoms with Gasteiger partial charge in [0, 0.05) is 24.7 Å². The van der Waals surface area contributed by atoms with Crippen LogP contribution in [0.4, 0.5) is 0 Å². The van der Waals surface area contributed by atoms with Crippen molar-refractivity contribution in [2.24, 2.45) is 17.6 Å². The summed E-state index contributed by atoms with van der Waals surface area (Å²) in [5.41, 5.74) is 6.77. The van der Waals surface area contributed by atoms with E-state index in [1.165, 1.54) is 0 Å². The Kier molecular flexibility index (Phi) is 5.19. The predicted octanol–water partition coefficient (Wildman–Crippen LogP) is 1.93. The number of nitrogens with zero attached hydrogens (tertiary/aromatic N) is 1. The minimum atomic E-state index is 0. The fourth-order valence-electron chi connectivity index (χ4n) is 3.63. The van der Waals surface area contributed by atoms with Crippen LogP contribution in [0.3, 0.4) is 0 Å². The molecule has 22 heavy (non-hydrogen) atoms. The van der Waals surface area contributed by atoms with Gasteiger partial charge in [-0.3, -0.25) is 4.79 Å². The minimum Gasteiger partial charge on any atom is -0.493 e. The Balaban J connectivity index is 0.00000176. The smallest absolute Gasteiger partial charge is 0.254 e. The highest BCUT2D eigenvalue weighted by atomic mass is 35.5. The SMILES string of the molecule is COc1ccc(C(=O)N2CC3CCC(N)C3C2)cc1OC.Cl. The van der Waals surface area contributed by atoms with Crippen molar-refractivity contribution < 1.29 is 14.3 Å². The number of carbonyl (C=O) groups excluding carboxylic acids is 1. The Bertz CT molecular complexity index is 552. The minimum absolute atomic E-state index is 0. The van der Waals surface area contributed by atoms with Gasteiger partial charge in [0.1, 0.15) is 0 Å². The van der Waals surface area contributed by atoms with Crippen LogP contribution in [0.1, 0.15) is 23.2 Å². The molecule has 1 aromatic rings. The van der Waals surface area contributed by atoms with E-state index in [2.05, 4.69) is 0 Å². The van der Waals surface area contributed by atoms with E-state index < -0.39 is 0 Å². The number of nitrogens with two attached hydrogens (primary N) is 1. The van der Waals surface area contributed by atoms with Gasteiger partial charge < -0.3 is 20.1 Å². The molecule has 1 heterocycles. The summed E-state index contributed by atoms with van der Waals surface area (Å²) in [4.78, 5) is 14.6. The maximum atomic E-state index is 12.6. The number of amides is 1. The summed E-state index contributed by atoms with van der Waals surface area (Å²) in [7, 11) is 3.16. The van der Waals surface area contributed by atoms with E-state index in [4.69, 9.17) is 15.2 Å². The van der Waals surface area contributed by atoms with Gasteiger partial charge in [-0.15, -0.1) is 12.4 Å². The first kappa shape index (κ1) is 16.9. The molecular formula is C16H23ClN2O3. The van der Waals surface area contributed by atoms with E-state index in [9.17, 15) is 4.79 Å².